The minimum absolute atomic E-state index is 0.320. The number of hydrogen-bond acceptors (Lipinski definition) is 3. The van der Waals surface area contributed by atoms with E-state index in [1.807, 2.05) is 0 Å². The van der Waals surface area contributed by atoms with Gasteiger partial charge in [-0.05, 0) is 18.6 Å². The highest BCUT2D eigenvalue weighted by molar-refractivity contribution is 5.97. The molecule has 2 N–H and O–H groups in total. The molecule has 0 saturated heterocycles. The molecule has 0 heterocycles. The lowest BCUT2D eigenvalue weighted by molar-refractivity contribution is 0.0941. The molecule has 0 aromatic heterocycles. The average Bonchev–Trinajstić information content (AvgIpc) is 2.24. The molecular weight excluding hydrogens is 213 g/mol. The van der Waals surface area contributed by atoms with E-state index < -0.39 is 11.7 Å². The Hall–Kier alpha value is -1.62. The minimum atomic E-state index is -0.732. The van der Waals surface area contributed by atoms with Gasteiger partial charge < -0.3 is 15.2 Å². The molecule has 0 spiro atoms. The Bertz CT molecular complexity index is 348. The number of ether oxygens (including phenoxy) is 1. The third kappa shape index (κ3) is 3.20. The zero-order valence-corrected chi connectivity index (χ0v) is 9.00. The number of phenolic OH excluding ortho intramolecular Hbond substituents is 1. The number of benzene rings is 1. The number of aromatic hydroxyl groups is 1. The molecule has 0 unspecified atom stereocenters. The molecule has 4 nitrogen and oxygen atoms in total. The van der Waals surface area contributed by atoms with Crippen molar-refractivity contribution in [3.8, 4) is 5.75 Å². The summed E-state index contributed by atoms with van der Waals surface area (Å²) in [5, 5.41) is 11.8. The number of hydrogen-bond donors (Lipinski definition) is 2. The van der Waals surface area contributed by atoms with Crippen LogP contribution in [0.3, 0.4) is 0 Å². The van der Waals surface area contributed by atoms with E-state index >= 15 is 0 Å². The molecule has 88 valence electrons. The van der Waals surface area contributed by atoms with Crippen molar-refractivity contribution in [3.05, 3.63) is 29.6 Å². The maximum absolute atomic E-state index is 13.2. The molecule has 0 bridgehead atoms. The Morgan fingerprint density at radius 1 is 1.56 bits per heavy atom. The molecule has 0 aliphatic heterocycles. The fourth-order valence-electron chi connectivity index (χ4n) is 1.24. The Morgan fingerprint density at radius 3 is 2.94 bits per heavy atom. The predicted molar refractivity (Wildman–Crippen MR) is 56.9 cm³/mol. The predicted octanol–water partition coefficient (Wildman–Crippen LogP) is 1.30. The van der Waals surface area contributed by atoms with Gasteiger partial charge >= 0.3 is 0 Å². The number of methoxy groups -OCH3 is 1. The van der Waals surface area contributed by atoms with E-state index in [1.165, 1.54) is 12.1 Å². The summed E-state index contributed by atoms with van der Waals surface area (Å²) in [6.45, 7) is 0.893. The molecule has 1 rings (SSSR count). The number of carbonyl (C=O) groups is 1. The number of phenols is 1. The van der Waals surface area contributed by atoms with Crippen LogP contribution in [-0.4, -0.2) is 31.3 Å². The molecular formula is C11H14FNO3. The van der Waals surface area contributed by atoms with Crippen molar-refractivity contribution in [1.82, 2.24) is 5.32 Å². The van der Waals surface area contributed by atoms with Crippen LogP contribution >= 0.6 is 0 Å². The second-order valence-electron chi connectivity index (χ2n) is 3.24. The molecule has 0 aliphatic rings. The SMILES string of the molecule is COCCCNC(=O)c1c(O)cccc1F. The third-order valence-corrected chi connectivity index (χ3v) is 2.03. The summed E-state index contributed by atoms with van der Waals surface area (Å²) in [4.78, 5) is 11.5. The first-order valence-electron chi connectivity index (χ1n) is 4.91. The summed E-state index contributed by atoms with van der Waals surface area (Å²) in [6, 6.07) is 3.74. The number of rotatable bonds is 5. The lowest BCUT2D eigenvalue weighted by atomic mass is 10.1. The zero-order valence-electron chi connectivity index (χ0n) is 9.00. The number of nitrogens with one attached hydrogen (secondary N) is 1. The van der Waals surface area contributed by atoms with Crippen LogP contribution in [0.25, 0.3) is 0 Å². The van der Waals surface area contributed by atoms with Crippen molar-refractivity contribution in [1.29, 1.82) is 0 Å². The summed E-state index contributed by atoms with van der Waals surface area (Å²) < 4.78 is 18.0. The van der Waals surface area contributed by atoms with E-state index in [1.54, 1.807) is 7.11 Å². The van der Waals surface area contributed by atoms with Crippen molar-refractivity contribution >= 4 is 5.91 Å². The Balaban J connectivity index is 2.59. The fraction of sp³-hybridized carbons (Fsp3) is 0.364. The molecule has 1 aromatic rings. The molecule has 0 radical (unpaired) electrons. The van der Waals surface area contributed by atoms with E-state index in [0.717, 1.165) is 6.07 Å². The molecule has 1 aromatic carbocycles. The lowest BCUT2D eigenvalue weighted by Gasteiger charge is -2.07. The van der Waals surface area contributed by atoms with Crippen LogP contribution in [0.1, 0.15) is 16.8 Å². The zero-order chi connectivity index (χ0) is 12.0. The van der Waals surface area contributed by atoms with Crippen molar-refractivity contribution in [2.75, 3.05) is 20.3 Å². The first-order chi connectivity index (χ1) is 7.66. The monoisotopic (exact) mass is 227 g/mol. The molecule has 1 amide bonds. The van der Waals surface area contributed by atoms with Gasteiger partial charge in [0.05, 0.1) is 0 Å². The quantitative estimate of drug-likeness (QED) is 0.745. The van der Waals surface area contributed by atoms with Gasteiger partial charge in [-0.25, -0.2) is 4.39 Å². The molecule has 0 saturated carbocycles. The van der Waals surface area contributed by atoms with Gasteiger partial charge in [0.2, 0.25) is 0 Å². The van der Waals surface area contributed by atoms with Crippen LogP contribution in [0.2, 0.25) is 0 Å². The molecule has 0 fully saturated rings. The molecule has 5 heteroatoms. The van der Waals surface area contributed by atoms with Gasteiger partial charge in [-0.2, -0.15) is 0 Å². The minimum Gasteiger partial charge on any atom is -0.507 e. The average molecular weight is 227 g/mol. The first kappa shape index (κ1) is 12.4. The summed E-state index contributed by atoms with van der Waals surface area (Å²) in [5.41, 5.74) is -0.320. The second kappa shape index (κ2) is 6.07. The van der Waals surface area contributed by atoms with Crippen LogP contribution in [0.4, 0.5) is 4.39 Å². The van der Waals surface area contributed by atoms with Gasteiger partial charge in [-0.1, -0.05) is 6.07 Å². The van der Waals surface area contributed by atoms with Crippen LogP contribution in [-0.2, 0) is 4.74 Å². The summed E-state index contributed by atoms with van der Waals surface area (Å²) in [6.07, 6.45) is 0.636. The van der Waals surface area contributed by atoms with E-state index in [9.17, 15) is 14.3 Å². The number of carbonyl (C=O) groups excluding carboxylic acids is 1. The van der Waals surface area contributed by atoms with Gasteiger partial charge in [0.15, 0.2) is 0 Å². The maximum atomic E-state index is 13.2. The second-order valence-corrected chi connectivity index (χ2v) is 3.24. The number of halogens is 1. The lowest BCUT2D eigenvalue weighted by Crippen LogP contribution is -2.26. The third-order valence-electron chi connectivity index (χ3n) is 2.03. The van der Waals surface area contributed by atoms with E-state index in [0.29, 0.717) is 19.6 Å². The van der Waals surface area contributed by atoms with E-state index in [-0.39, 0.29) is 11.3 Å². The smallest absolute Gasteiger partial charge is 0.258 e. The van der Waals surface area contributed by atoms with Crippen LogP contribution in [0, 0.1) is 5.82 Å². The van der Waals surface area contributed by atoms with Gasteiger partial charge in [0.25, 0.3) is 5.91 Å². The van der Waals surface area contributed by atoms with Crippen LogP contribution in [0.5, 0.6) is 5.75 Å². The molecule has 0 aliphatic carbocycles. The van der Waals surface area contributed by atoms with Gasteiger partial charge in [0.1, 0.15) is 17.1 Å². The van der Waals surface area contributed by atoms with Crippen molar-refractivity contribution < 1.29 is 19.0 Å². The Labute approximate surface area is 93.0 Å². The van der Waals surface area contributed by atoms with E-state index in [4.69, 9.17) is 4.74 Å². The molecule has 16 heavy (non-hydrogen) atoms. The highest BCUT2D eigenvalue weighted by atomic mass is 19.1. The normalized spacial score (nSPS) is 10.1. The standard InChI is InChI=1S/C11H14FNO3/c1-16-7-3-6-13-11(15)10-8(12)4-2-5-9(10)14/h2,4-5,14H,3,6-7H2,1H3,(H,13,15). The van der Waals surface area contributed by atoms with Crippen molar-refractivity contribution in [2.24, 2.45) is 0 Å². The van der Waals surface area contributed by atoms with Crippen molar-refractivity contribution in [2.45, 2.75) is 6.42 Å². The Kier molecular flexibility index (Phi) is 4.72. The van der Waals surface area contributed by atoms with Crippen molar-refractivity contribution in [3.63, 3.8) is 0 Å². The fourth-order valence-corrected chi connectivity index (χ4v) is 1.24. The topological polar surface area (TPSA) is 58.6 Å². The van der Waals surface area contributed by atoms with E-state index in [2.05, 4.69) is 5.32 Å². The van der Waals surface area contributed by atoms with Gasteiger partial charge in [-0.15, -0.1) is 0 Å². The summed E-state index contributed by atoms with van der Waals surface area (Å²) in [5.74, 6) is -1.71. The highest BCUT2D eigenvalue weighted by Crippen LogP contribution is 2.19. The maximum Gasteiger partial charge on any atom is 0.258 e. The first-order valence-corrected chi connectivity index (χ1v) is 4.91. The Morgan fingerprint density at radius 2 is 2.31 bits per heavy atom. The van der Waals surface area contributed by atoms with Crippen LogP contribution in [0.15, 0.2) is 18.2 Å². The largest absolute Gasteiger partial charge is 0.507 e. The summed E-state index contributed by atoms with van der Waals surface area (Å²) >= 11 is 0. The summed E-state index contributed by atoms with van der Waals surface area (Å²) in [7, 11) is 1.56. The van der Waals surface area contributed by atoms with Gasteiger partial charge in [0, 0.05) is 20.3 Å². The highest BCUT2D eigenvalue weighted by Gasteiger charge is 2.15. The number of amides is 1. The van der Waals surface area contributed by atoms with Crippen LogP contribution < -0.4 is 5.32 Å². The van der Waals surface area contributed by atoms with Gasteiger partial charge in [-0.3, -0.25) is 4.79 Å². The molecule has 0 atom stereocenters.